The van der Waals surface area contributed by atoms with Crippen LogP contribution in [-0.2, 0) is 11.2 Å². The zero-order chi connectivity index (χ0) is 14.2. The third-order valence-corrected chi connectivity index (χ3v) is 3.49. The summed E-state index contributed by atoms with van der Waals surface area (Å²) < 4.78 is 0. The van der Waals surface area contributed by atoms with E-state index in [4.69, 9.17) is 0 Å². The Bertz CT molecular complexity index is 552. The maximum Gasteiger partial charge on any atom is 0.174 e. The second kappa shape index (κ2) is 5.01. The summed E-state index contributed by atoms with van der Waals surface area (Å²) in [4.78, 5) is 23.5. The van der Waals surface area contributed by atoms with Crippen molar-refractivity contribution in [3.8, 4) is 0 Å². The Balaban J connectivity index is 0.000000637. The van der Waals surface area contributed by atoms with Crippen LogP contribution in [0, 0.1) is 12.8 Å². The van der Waals surface area contributed by atoms with Crippen LogP contribution < -0.4 is 16.4 Å². The van der Waals surface area contributed by atoms with Gasteiger partial charge in [-0.2, -0.15) is 0 Å². The molecule has 0 saturated heterocycles. The van der Waals surface area contributed by atoms with Crippen molar-refractivity contribution in [2.45, 2.75) is 34.1 Å². The lowest BCUT2D eigenvalue weighted by Crippen LogP contribution is -2.20. The molecule has 0 radical (unpaired) electrons. The van der Waals surface area contributed by atoms with Crippen LogP contribution >= 0.6 is 0 Å². The summed E-state index contributed by atoms with van der Waals surface area (Å²) in [6.07, 6.45) is 0.502. The molecule has 0 fully saturated rings. The zero-order valence-electron chi connectivity index (χ0n) is 11.7. The van der Waals surface area contributed by atoms with Gasteiger partial charge in [0.15, 0.2) is 5.78 Å². The summed E-state index contributed by atoms with van der Waals surface area (Å²) in [5, 5.41) is 0. The van der Waals surface area contributed by atoms with Crippen molar-refractivity contribution in [1.82, 2.24) is 5.53 Å². The van der Waals surface area contributed by atoms with Crippen molar-refractivity contribution in [3.05, 3.63) is 22.8 Å². The number of Topliss-reactive ketones (excluding diaryl/α,β-unsaturated/α-hetero) is 2. The average molecular weight is 261 g/mol. The van der Waals surface area contributed by atoms with E-state index in [0.717, 1.165) is 22.5 Å². The smallest absolute Gasteiger partial charge is 0.174 e. The van der Waals surface area contributed by atoms with Crippen molar-refractivity contribution in [1.29, 1.82) is 0 Å². The molecule has 3 rings (SSSR count). The van der Waals surface area contributed by atoms with Crippen molar-refractivity contribution in [3.63, 3.8) is 0 Å². The monoisotopic (exact) mass is 261 g/mol. The highest BCUT2D eigenvalue weighted by atomic mass is 16.1. The molecular weight excluding hydrogens is 242 g/mol. The van der Waals surface area contributed by atoms with E-state index in [9.17, 15) is 9.59 Å². The van der Waals surface area contributed by atoms with Gasteiger partial charge in [0.25, 0.3) is 0 Å². The van der Waals surface area contributed by atoms with Crippen LogP contribution in [0.2, 0.25) is 0 Å². The molecule has 5 nitrogen and oxygen atoms in total. The van der Waals surface area contributed by atoms with E-state index >= 15 is 0 Å². The molecule has 1 aromatic carbocycles. The van der Waals surface area contributed by atoms with Crippen LogP contribution in [0.3, 0.4) is 0 Å². The lowest BCUT2D eigenvalue weighted by Gasteiger charge is -2.07. The number of aryl methyl sites for hydroxylation is 1. The number of nitrogens with one attached hydrogen (secondary N) is 3. The molecule has 0 bridgehead atoms. The van der Waals surface area contributed by atoms with Gasteiger partial charge in [0.05, 0.1) is 17.3 Å². The van der Waals surface area contributed by atoms with Crippen molar-refractivity contribution in [2.75, 3.05) is 10.9 Å². The van der Waals surface area contributed by atoms with Gasteiger partial charge < -0.3 is 10.9 Å². The normalized spacial score (nSPS) is 18.7. The number of hydrogen-bond acceptors (Lipinski definition) is 5. The molecule has 5 heteroatoms. The van der Waals surface area contributed by atoms with Crippen molar-refractivity contribution < 1.29 is 9.59 Å². The molecule has 1 heterocycles. The summed E-state index contributed by atoms with van der Waals surface area (Å²) in [6, 6.07) is 1.86. The summed E-state index contributed by atoms with van der Waals surface area (Å²) in [5.41, 5.74) is 13.3. The Kier molecular flexibility index (Phi) is 3.57. The van der Waals surface area contributed by atoms with Gasteiger partial charge >= 0.3 is 0 Å². The molecule has 2 aliphatic rings. The molecule has 1 atom stereocenters. The first kappa shape index (κ1) is 13.5. The molecular formula is C14H19N3O2. The fourth-order valence-corrected chi connectivity index (χ4v) is 2.56. The largest absolute Gasteiger partial charge is 0.302 e. The van der Waals surface area contributed by atoms with Crippen LogP contribution in [0.1, 0.15) is 42.3 Å². The Morgan fingerprint density at radius 1 is 1.26 bits per heavy atom. The number of hydrazine groups is 2. The Morgan fingerprint density at radius 2 is 1.89 bits per heavy atom. The summed E-state index contributed by atoms with van der Waals surface area (Å²) >= 11 is 0. The Morgan fingerprint density at radius 3 is 2.53 bits per heavy atom. The van der Waals surface area contributed by atoms with Crippen LogP contribution in [0.4, 0.5) is 11.4 Å². The lowest BCUT2D eigenvalue weighted by molar-refractivity contribution is -0.119. The molecule has 0 amide bonds. The minimum absolute atomic E-state index is 0.0490. The van der Waals surface area contributed by atoms with E-state index < -0.39 is 5.92 Å². The fraction of sp³-hybridized carbons (Fsp3) is 0.429. The molecule has 19 heavy (non-hydrogen) atoms. The molecule has 0 saturated carbocycles. The van der Waals surface area contributed by atoms with Gasteiger partial charge in [-0.25, -0.2) is 0 Å². The van der Waals surface area contributed by atoms with Crippen molar-refractivity contribution >= 4 is 22.9 Å². The topological polar surface area (TPSA) is 70.2 Å². The van der Waals surface area contributed by atoms with Crippen molar-refractivity contribution in [2.24, 2.45) is 5.92 Å². The SMILES string of the molecule is CC.CC(=O)C1Cc2c(cc(C)c3c2NNN3)C1=O. The maximum absolute atomic E-state index is 12.1. The predicted molar refractivity (Wildman–Crippen MR) is 75.1 cm³/mol. The summed E-state index contributed by atoms with van der Waals surface area (Å²) in [6.45, 7) is 7.42. The molecule has 1 aromatic rings. The second-order valence-electron chi connectivity index (χ2n) is 4.58. The average Bonchev–Trinajstić information content (AvgIpc) is 2.98. The van der Waals surface area contributed by atoms with Crippen LogP contribution in [0.15, 0.2) is 6.07 Å². The van der Waals surface area contributed by atoms with Gasteiger partial charge in [-0.15, -0.1) is 5.53 Å². The molecule has 102 valence electrons. The summed E-state index contributed by atoms with van der Waals surface area (Å²) in [7, 11) is 0. The predicted octanol–water partition coefficient (Wildman–Crippen LogP) is 2.22. The van der Waals surface area contributed by atoms with Gasteiger partial charge in [0.1, 0.15) is 5.78 Å². The third kappa shape index (κ3) is 2.00. The molecule has 1 aliphatic carbocycles. The van der Waals surface area contributed by atoms with E-state index in [1.165, 1.54) is 6.92 Å². The van der Waals surface area contributed by atoms with Gasteiger partial charge in [-0.3, -0.25) is 9.59 Å². The quantitative estimate of drug-likeness (QED) is 0.676. The number of rotatable bonds is 1. The van der Waals surface area contributed by atoms with Gasteiger partial charge in [-0.05, 0) is 37.5 Å². The van der Waals surface area contributed by atoms with E-state index in [2.05, 4.69) is 16.4 Å². The number of hydrogen-bond donors (Lipinski definition) is 3. The van der Waals surface area contributed by atoms with Crippen LogP contribution in [0.5, 0.6) is 0 Å². The number of carbonyl (C=O) groups excluding carboxylic acids is 2. The number of anilines is 2. The lowest BCUT2D eigenvalue weighted by atomic mass is 10.0. The van der Waals surface area contributed by atoms with Gasteiger partial charge in [0.2, 0.25) is 0 Å². The number of carbonyl (C=O) groups is 2. The van der Waals surface area contributed by atoms with E-state index in [0.29, 0.717) is 12.0 Å². The minimum atomic E-state index is -0.502. The molecule has 0 aromatic heterocycles. The molecule has 0 spiro atoms. The highest BCUT2D eigenvalue weighted by molar-refractivity contribution is 6.15. The minimum Gasteiger partial charge on any atom is -0.302 e. The van der Waals surface area contributed by atoms with Crippen LogP contribution in [-0.4, -0.2) is 11.6 Å². The fourth-order valence-electron chi connectivity index (χ4n) is 2.56. The van der Waals surface area contributed by atoms with E-state index in [-0.39, 0.29) is 11.6 Å². The first-order chi connectivity index (χ1) is 9.09. The van der Waals surface area contributed by atoms with E-state index in [1.807, 2.05) is 26.8 Å². The van der Waals surface area contributed by atoms with Gasteiger partial charge in [0, 0.05) is 5.56 Å². The van der Waals surface area contributed by atoms with E-state index in [1.54, 1.807) is 0 Å². The Hall–Kier alpha value is -1.88. The molecule has 1 aliphatic heterocycles. The van der Waals surface area contributed by atoms with Gasteiger partial charge in [-0.1, -0.05) is 13.8 Å². The highest BCUT2D eigenvalue weighted by Crippen LogP contribution is 2.40. The number of fused-ring (bicyclic) bond motifs is 3. The van der Waals surface area contributed by atoms with Crippen LogP contribution in [0.25, 0.3) is 0 Å². The molecule has 3 N–H and O–H groups in total. The first-order valence-electron chi connectivity index (χ1n) is 6.57. The highest BCUT2D eigenvalue weighted by Gasteiger charge is 2.37. The third-order valence-electron chi connectivity index (χ3n) is 3.49. The zero-order valence-corrected chi connectivity index (χ0v) is 11.7. The second-order valence-corrected chi connectivity index (χ2v) is 4.58. The Labute approximate surface area is 112 Å². The maximum atomic E-state index is 12.1. The number of benzene rings is 1. The first-order valence-corrected chi connectivity index (χ1v) is 6.57. The number of ketones is 2. The standard InChI is InChI=1S/C12H13N3O2.C2H6/c1-5-3-9-8(11-10(5)13-15-14-11)4-7(6(2)16)12(9)17;1-2/h3,7,13-15H,4H2,1-2H3;1-2H3. The molecule has 1 unspecified atom stereocenters. The summed E-state index contributed by atoms with van der Waals surface area (Å²) in [5.74, 6) is -0.609.